The highest BCUT2D eigenvalue weighted by Crippen LogP contribution is 2.49. The molecule has 1 atom stereocenters. The van der Waals surface area contributed by atoms with Crippen LogP contribution in [0, 0.1) is 5.82 Å². The summed E-state index contributed by atoms with van der Waals surface area (Å²) in [5.74, 6) is 0.917. The summed E-state index contributed by atoms with van der Waals surface area (Å²) in [6.07, 6.45) is 0.281. The summed E-state index contributed by atoms with van der Waals surface area (Å²) in [5, 5.41) is 4.82. The summed E-state index contributed by atoms with van der Waals surface area (Å²) in [6.45, 7) is 0. The van der Waals surface area contributed by atoms with Gasteiger partial charge in [0.05, 0.1) is 27.0 Å². The van der Waals surface area contributed by atoms with Gasteiger partial charge in [0.1, 0.15) is 5.82 Å². The average molecular weight is 413 g/mol. The van der Waals surface area contributed by atoms with Gasteiger partial charge in [-0.15, -0.1) is 11.3 Å². The second-order valence-electron chi connectivity index (χ2n) is 6.63. The molecule has 0 aliphatic carbocycles. The van der Waals surface area contributed by atoms with Crippen molar-refractivity contribution in [3.05, 3.63) is 58.0 Å². The Morgan fingerprint density at radius 1 is 1.03 bits per heavy atom. The van der Waals surface area contributed by atoms with E-state index in [1.165, 1.54) is 17.4 Å². The average Bonchev–Trinajstić information content (AvgIpc) is 3.15. The highest BCUT2D eigenvalue weighted by atomic mass is 32.1. The Hall–Kier alpha value is -3.06. The van der Waals surface area contributed by atoms with Gasteiger partial charge < -0.3 is 19.5 Å². The maximum absolute atomic E-state index is 14.4. The number of nitrogens with one attached hydrogen (secondary N) is 1. The smallest absolute Gasteiger partial charge is 0.225 e. The molecule has 29 heavy (non-hydrogen) atoms. The van der Waals surface area contributed by atoms with Crippen LogP contribution >= 0.6 is 11.3 Å². The third-order valence-electron chi connectivity index (χ3n) is 5.04. The summed E-state index contributed by atoms with van der Waals surface area (Å²) in [6, 6.07) is 10.3. The Morgan fingerprint density at radius 2 is 1.72 bits per heavy atom. The SMILES string of the molecule is COc1cc([C@H]2CC(=O)Nc3c(-c4ccccc4F)csc32)cc(OC)c1OC. The van der Waals surface area contributed by atoms with Gasteiger partial charge in [0.2, 0.25) is 11.7 Å². The molecule has 5 nitrogen and oxygen atoms in total. The molecule has 4 rings (SSSR count). The number of anilines is 1. The van der Waals surface area contributed by atoms with Crippen LogP contribution in [0.15, 0.2) is 41.8 Å². The number of benzene rings is 2. The number of halogens is 1. The van der Waals surface area contributed by atoms with Gasteiger partial charge in [0.25, 0.3) is 0 Å². The zero-order valence-corrected chi connectivity index (χ0v) is 17.1. The normalized spacial score (nSPS) is 15.4. The van der Waals surface area contributed by atoms with Crippen LogP contribution in [0.1, 0.15) is 22.8 Å². The first-order valence-electron chi connectivity index (χ1n) is 9.03. The molecule has 0 saturated carbocycles. The van der Waals surface area contributed by atoms with Crippen LogP contribution in [0.2, 0.25) is 0 Å². The molecule has 1 aliphatic heterocycles. The maximum atomic E-state index is 14.4. The number of carbonyl (C=O) groups excluding carboxylic acids is 1. The summed E-state index contributed by atoms with van der Waals surface area (Å²) < 4.78 is 30.7. The lowest BCUT2D eigenvalue weighted by molar-refractivity contribution is -0.116. The minimum absolute atomic E-state index is 0.118. The first-order chi connectivity index (χ1) is 14.1. The number of methoxy groups -OCH3 is 3. The molecule has 2 aromatic carbocycles. The minimum Gasteiger partial charge on any atom is -0.493 e. The molecule has 0 bridgehead atoms. The lowest BCUT2D eigenvalue weighted by atomic mass is 9.88. The second kappa shape index (κ2) is 7.75. The van der Waals surface area contributed by atoms with Crippen LogP contribution in [0.5, 0.6) is 17.2 Å². The summed E-state index contributed by atoms with van der Waals surface area (Å²) in [4.78, 5) is 13.5. The predicted molar refractivity (Wildman–Crippen MR) is 111 cm³/mol. The van der Waals surface area contributed by atoms with Gasteiger partial charge in [0.15, 0.2) is 11.5 Å². The molecule has 1 amide bonds. The summed E-state index contributed by atoms with van der Waals surface area (Å²) in [5.41, 5.74) is 2.69. The molecule has 0 fully saturated rings. The molecular weight excluding hydrogens is 393 g/mol. The number of rotatable bonds is 5. The van der Waals surface area contributed by atoms with E-state index in [0.717, 1.165) is 10.4 Å². The predicted octanol–water partition coefficient (Wildman–Crippen LogP) is 5.05. The van der Waals surface area contributed by atoms with Crippen LogP contribution in [0.4, 0.5) is 10.1 Å². The quantitative estimate of drug-likeness (QED) is 0.636. The molecule has 1 N–H and O–H groups in total. The number of hydrogen-bond donors (Lipinski definition) is 1. The van der Waals surface area contributed by atoms with Crippen molar-refractivity contribution in [1.29, 1.82) is 0 Å². The van der Waals surface area contributed by atoms with E-state index in [1.807, 2.05) is 17.5 Å². The van der Waals surface area contributed by atoms with E-state index >= 15 is 0 Å². The van der Waals surface area contributed by atoms with Gasteiger partial charge in [-0.1, -0.05) is 18.2 Å². The number of amides is 1. The topological polar surface area (TPSA) is 56.8 Å². The largest absolute Gasteiger partial charge is 0.493 e. The number of fused-ring (bicyclic) bond motifs is 1. The maximum Gasteiger partial charge on any atom is 0.225 e. The van der Waals surface area contributed by atoms with E-state index in [-0.39, 0.29) is 24.1 Å². The van der Waals surface area contributed by atoms with Crippen molar-refractivity contribution in [2.45, 2.75) is 12.3 Å². The molecule has 150 valence electrons. The molecule has 2 heterocycles. The molecule has 0 spiro atoms. The van der Waals surface area contributed by atoms with Crippen LogP contribution in [0.25, 0.3) is 11.1 Å². The zero-order valence-electron chi connectivity index (χ0n) is 16.2. The molecule has 7 heteroatoms. The third kappa shape index (κ3) is 3.31. The first kappa shape index (κ1) is 19.3. The molecule has 0 saturated heterocycles. The van der Waals surface area contributed by atoms with Crippen molar-refractivity contribution < 1.29 is 23.4 Å². The number of hydrogen-bond acceptors (Lipinski definition) is 5. The molecule has 1 aliphatic rings. The Balaban J connectivity index is 1.85. The first-order valence-corrected chi connectivity index (χ1v) is 9.91. The Labute approximate surface area is 172 Å². The van der Waals surface area contributed by atoms with Crippen molar-refractivity contribution in [3.8, 4) is 28.4 Å². The molecule has 3 aromatic rings. The van der Waals surface area contributed by atoms with Gasteiger partial charge in [0, 0.05) is 33.7 Å². The molecule has 0 unspecified atom stereocenters. The number of ether oxygens (including phenoxy) is 3. The third-order valence-corrected chi connectivity index (χ3v) is 6.14. The van der Waals surface area contributed by atoms with Crippen LogP contribution in [-0.2, 0) is 4.79 Å². The zero-order chi connectivity index (χ0) is 20.5. The van der Waals surface area contributed by atoms with Crippen molar-refractivity contribution in [1.82, 2.24) is 0 Å². The fourth-order valence-electron chi connectivity index (χ4n) is 3.68. The van der Waals surface area contributed by atoms with Gasteiger partial charge in [-0.3, -0.25) is 4.79 Å². The Bertz CT molecular complexity index is 1050. The number of carbonyl (C=O) groups is 1. The fraction of sp³-hybridized carbons (Fsp3) is 0.227. The molecule has 0 radical (unpaired) electrons. The summed E-state index contributed by atoms with van der Waals surface area (Å²) in [7, 11) is 4.66. The van der Waals surface area contributed by atoms with E-state index in [4.69, 9.17) is 14.2 Å². The Morgan fingerprint density at radius 3 is 2.34 bits per heavy atom. The van der Waals surface area contributed by atoms with E-state index in [1.54, 1.807) is 39.5 Å². The van der Waals surface area contributed by atoms with Crippen molar-refractivity contribution in [2.75, 3.05) is 26.6 Å². The minimum atomic E-state index is -0.322. The molecular formula is C22H20FNO4S. The van der Waals surface area contributed by atoms with E-state index in [9.17, 15) is 9.18 Å². The lowest BCUT2D eigenvalue weighted by Crippen LogP contribution is -2.22. The van der Waals surface area contributed by atoms with E-state index < -0.39 is 0 Å². The van der Waals surface area contributed by atoms with Gasteiger partial charge in [-0.2, -0.15) is 0 Å². The summed E-state index contributed by atoms with van der Waals surface area (Å²) >= 11 is 1.50. The van der Waals surface area contributed by atoms with Crippen LogP contribution in [-0.4, -0.2) is 27.2 Å². The fourth-order valence-corrected chi connectivity index (χ4v) is 4.83. The van der Waals surface area contributed by atoms with Gasteiger partial charge in [-0.25, -0.2) is 4.39 Å². The van der Waals surface area contributed by atoms with Crippen molar-refractivity contribution in [3.63, 3.8) is 0 Å². The van der Waals surface area contributed by atoms with E-state index in [2.05, 4.69) is 5.32 Å². The van der Waals surface area contributed by atoms with Gasteiger partial charge in [-0.05, 0) is 23.8 Å². The van der Waals surface area contributed by atoms with Crippen LogP contribution < -0.4 is 19.5 Å². The lowest BCUT2D eigenvalue weighted by Gasteiger charge is -2.25. The van der Waals surface area contributed by atoms with E-state index in [0.29, 0.717) is 34.1 Å². The standard InChI is InChI=1S/C22H20FNO4S/c1-26-17-8-12(9-18(27-2)21(17)28-3)14-10-19(25)24-20-15(11-29-22(14)20)13-6-4-5-7-16(13)23/h4-9,11,14H,10H2,1-3H3,(H,24,25)/t14-/m1/s1. The Kier molecular flexibility index (Phi) is 5.15. The highest BCUT2D eigenvalue weighted by molar-refractivity contribution is 7.11. The van der Waals surface area contributed by atoms with Crippen molar-refractivity contribution in [2.24, 2.45) is 0 Å². The number of thiophene rings is 1. The highest BCUT2D eigenvalue weighted by Gasteiger charge is 2.32. The monoisotopic (exact) mass is 413 g/mol. The molecule has 1 aromatic heterocycles. The second-order valence-corrected chi connectivity index (χ2v) is 7.54. The van der Waals surface area contributed by atoms with Gasteiger partial charge >= 0.3 is 0 Å². The van der Waals surface area contributed by atoms with Crippen LogP contribution in [0.3, 0.4) is 0 Å². The van der Waals surface area contributed by atoms with Crippen molar-refractivity contribution >= 4 is 22.9 Å².